The lowest BCUT2D eigenvalue weighted by Gasteiger charge is -2.23. The van der Waals surface area contributed by atoms with Gasteiger partial charge in [-0.05, 0) is 37.0 Å². The number of allylic oxidation sites excluding steroid dienone is 3. The van der Waals surface area contributed by atoms with Crippen LogP contribution in [0.4, 0.5) is 5.69 Å². The van der Waals surface area contributed by atoms with Gasteiger partial charge in [0.2, 0.25) is 0 Å². The predicted molar refractivity (Wildman–Crippen MR) is 74.1 cm³/mol. The number of anilines is 1. The maximum Gasteiger partial charge on any atom is 0.0441 e. The van der Waals surface area contributed by atoms with Crippen LogP contribution in [-0.2, 0) is 0 Å². The molecule has 1 aromatic carbocycles. The van der Waals surface area contributed by atoms with E-state index < -0.39 is 0 Å². The van der Waals surface area contributed by atoms with Crippen molar-refractivity contribution < 1.29 is 0 Å². The Kier molecular flexibility index (Phi) is 3.23. The first-order valence-corrected chi connectivity index (χ1v) is 6.06. The molecule has 0 spiro atoms. The molecule has 0 radical (unpaired) electrons. The van der Waals surface area contributed by atoms with Crippen LogP contribution in [0.15, 0.2) is 42.1 Å². The van der Waals surface area contributed by atoms with Gasteiger partial charge in [0, 0.05) is 24.1 Å². The molecule has 1 atom stereocenters. The zero-order valence-corrected chi connectivity index (χ0v) is 10.8. The number of benzene rings is 1. The molecule has 2 rings (SSSR count). The molecule has 1 aliphatic rings. The Balaban J connectivity index is 2.41. The molecular formula is C15H20N2. The summed E-state index contributed by atoms with van der Waals surface area (Å²) < 4.78 is 0. The highest BCUT2D eigenvalue weighted by Gasteiger charge is 2.14. The van der Waals surface area contributed by atoms with Crippen molar-refractivity contribution in [3.05, 3.63) is 47.7 Å². The van der Waals surface area contributed by atoms with Gasteiger partial charge in [-0.2, -0.15) is 0 Å². The average molecular weight is 228 g/mol. The van der Waals surface area contributed by atoms with E-state index in [1.54, 1.807) is 0 Å². The van der Waals surface area contributed by atoms with Crippen molar-refractivity contribution in [2.24, 2.45) is 5.92 Å². The summed E-state index contributed by atoms with van der Waals surface area (Å²) in [4.78, 5) is 2.25. The van der Waals surface area contributed by atoms with E-state index in [-0.39, 0.29) is 0 Å². The molecule has 2 N–H and O–H groups in total. The smallest absolute Gasteiger partial charge is 0.0441 e. The van der Waals surface area contributed by atoms with E-state index in [4.69, 9.17) is 5.73 Å². The van der Waals surface area contributed by atoms with Crippen molar-refractivity contribution in [3.63, 3.8) is 0 Å². The second-order valence-electron chi connectivity index (χ2n) is 4.79. The van der Waals surface area contributed by atoms with Gasteiger partial charge in [-0.25, -0.2) is 0 Å². The first-order chi connectivity index (χ1) is 8.08. The van der Waals surface area contributed by atoms with Crippen LogP contribution in [0.2, 0.25) is 0 Å². The Hall–Kier alpha value is -1.70. The topological polar surface area (TPSA) is 29.3 Å². The summed E-state index contributed by atoms with van der Waals surface area (Å²) in [6.45, 7) is 4.41. The first kappa shape index (κ1) is 11.8. The lowest BCUT2D eigenvalue weighted by Crippen LogP contribution is -2.13. The van der Waals surface area contributed by atoms with Gasteiger partial charge in [0.25, 0.3) is 0 Å². The summed E-state index contributed by atoms with van der Waals surface area (Å²) in [5.74, 6) is 0.572. The van der Waals surface area contributed by atoms with Crippen molar-refractivity contribution in [1.29, 1.82) is 0 Å². The van der Waals surface area contributed by atoms with Gasteiger partial charge in [-0.15, -0.1) is 0 Å². The number of nitrogens with two attached hydrogens (primary N) is 1. The lowest BCUT2D eigenvalue weighted by atomic mass is 10.0. The Labute approximate surface area is 103 Å². The molecule has 1 aromatic rings. The fourth-order valence-corrected chi connectivity index (χ4v) is 2.08. The van der Waals surface area contributed by atoms with Crippen molar-refractivity contribution in [3.8, 4) is 0 Å². The normalized spacial score (nSPS) is 20.6. The molecule has 2 nitrogen and oxygen atoms in total. The lowest BCUT2D eigenvalue weighted by molar-refractivity contribution is 0.597. The fourth-order valence-electron chi connectivity index (χ4n) is 2.08. The van der Waals surface area contributed by atoms with Gasteiger partial charge in [0.05, 0.1) is 0 Å². The van der Waals surface area contributed by atoms with Gasteiger partial charge in [-0.3, -0.25) is 0 Å². The largest absolute Gasteiger partial charge is 0.399 e. The average Bonchev–Trinajstić information content (AvgIpc) is 2.44. The maximum absolute atomic E-state index is 5.73. The summed E-state index contributed by atoms with van der Waals surface area (Å²) in [7, 11) is 2.12. The number of nitrogen functional groups attached to an aromatic ring is 1. The number of hydrogen-bond acceptors (Lipinski definition) is 2. The molecule has 0 saturated heterocycles. The van der Waals surface area contributed by atoms with Crippen molar-refractivity contribution >= 4 is 11.4 Å². The zero-order valence-electron chi connectivity index (χ0n) is 10.8. The van der Waals surface area contributed by atoms with Gasteiger partial charge < -0.3 is 10.6 Å². The van der Waals surface area contributed by atoms with Crippen LogP contribution in [0.5, 0.6) is 0 Å². The number of rotatable bonds is 1. The summed E-state index contributed by atoms with van der Waals surface area (Å²) in [5.41, 5.74) is 10.3. The Bertz CT molecular complexity index is 454. The second kappa shape index (κ2) is 4.66. The van der Waals surface area contributed by atoms with Gasteiger partial charge in [0.15, 0.2) is 0 Å². The van der Waals surface area contributed by atoms with E-state index in [9.17, 15) is 0 Å². The zero-order chi connectivity index (χ0) is 12.4. The predicted octanol–water partition coefficient (Wildman–Crippen LogP) is 3.49. The molecule has 0 fully saturated rings. The third-order valence-electron chi connectivity index (χ3n) is 3.32. The minimum absolute atomic E-state index is 0.572. The van der Waals surface area contributed by atoms with Crippen LogP contribution in [0.3, 0.4) is 0 Å². The molecule has 90 valence electrons. The van der Waals surface area contributed by atoms with Gasteiger partial charge in [-0.1, -0.05) is 31.2 Å². The van der Waals surface area contributed by atoms with Crippen LogP contribution in [-0.4, -0.2) is 11.9 Å². The Morgan fingerprint density at radius 2 is 1.88 bits per heavy atom. The van der Waals surface area contributed by atoms with Crippen LogP contribution in [0.1, 0.15) is 25.8 Å². The summed E-state index contributed by atoms with van der Waals surface area (Å²) in [6, 6.07) is 8.09. The molecule has 0 amide bonds. The highest BCUT2D eigenvalue weighted by atomic mass is 15.1. The van der Waals surface area contributed by atoms with E-state index in [1.807, 2.05) is 12.1 Å². The molecule has 1 aliphatic heterocycles. The van der Waals surface area contributed by atoms with Crippen LogP contribution in [0, 0.1) is 5.92 Å². The monoisotopic (exact) mass is 228 g/mol. The van der Waals surface area contributed by atoms with Crippen molar-refractivity contribution in [1.82, 2.24) is 4.90 Å². The summed E-state index contributed by atoms with van der Waals surface area (Å²) in [6.07, 6.45) is 5.73. The highest BCUT2D eigenvalue weighted by Crippen LogP contribution is 2.28. The Morgan fingerprint density at radius 3 is 2.53 bits per heavy atom. The minimum atomic E-state index is 0.572. The van der Waals surface area contributed by atoms with E-state index in [1.165, 1.54) is 17.0 Å². The van der Waals surface area contributed by atoms with Crippen LogP contribution in [0.25, 0.3) is 5.70 Å². The molecule has 0 saturated carbocycles. The third-order valence-corrected chi connectivity index (χ3v) is 3.32. The molecular weight excluding hydrogens is 208 g/mol. The molecule has 1 unspecified atom stereocenters. The quantitative estimate of drug-likeness (QED) is 0.746. The summed E-state index contributed by atoms with van der Waals surface area (Å²) >= 11 is 0. The second-order valence-corrected chi connectivity index (χ2v) is 4.79. The Morgan fingerprint density at radius 1 is 1.24 bits per heavy atom. The van der Waals surface area contributed by atoms with E-state index in [0.29, 0.717) is 5.92 Å². The molecule has 0 aromatic heterocycles. The summed E-state index contributed by atoms with van der Waals surface area (Å²) in [5, 5.41) is 0. The molecule has 17 heavy (non-hydrogen) atoms. The van der Waals surface area contributed by atoms with E-state index in [2.05, 4.69) is 50.1 Å². The number of hydrogen-bond donors (Lipinski definition) is 1. The van der Waals surface area contributed by atoms with Crippen molar-refractivity contribution in [2.45, 2.75) is 20.3 Å². The molecule has 0 aliphatic carbocycles. The highest BCUT2D eigenvalue weighted by molar-refractivity contribution is 5.67. The van der Waals surface area contributed by atoms with Crippen LogP contribution < -0.4 is 5.73 Å². The molecule has 0 bridgehead atoms. The van der Waals surface area contributed by atoms with Crippen molar-refractivity contribution in [2.75, 3.05) is 12.8 Å². The standard InChI is InChI=1S/C15H20N2/c1-11-4-5-12(2)17(3)15(10-11)13-6-8-14(16)9-7-13/h5-11H,4,16H2,1-3H3. The third kappa shape index (κ3) is 2.52. The molecule has 1 heterocycles. The van der Waals surface area contributed by atoms with Gasteiger partial charge >= 0.3 is 0 Å². The SMILES string of the molecule is CC1=CCC(C)C=C(c2ccc(N)cc2)N1C. The van der Waals surface area contributed by atoms with Crippen LogP contribution >= 0.6 is 0 Å². The first-order valence-electron chi connectivity index (χ1n) is 6.06. The van der Waals surface area contributed by atoms with E-state index >= 15 is 0 Å². The number of nitrogens with zero attached hydrogens (tertiary/aromatic N) is 1. The maximum atomic E-state index is 5.73. The molecule has 2 heteroatoms. The van der Waals surface area contributed by atoms with Gasteiger partial charge in [0.1, 0.15) is 0 Å². The fraction of sp³-hybridized carbons (Fsp3) is 0.333. The van der Waals surface area contributed by atoms with E-state index in [0.717, 1.165) is 12.1 Å². The minimum Gasteiger partial charge on any atom is -0.399 e.